The predicted octanol–water partition coefficient (Wildman–Crippen LogP) is 3.51. The molecule has 19 heavy (non-hydrogen) atoms. The number of hydrogen-bond donors (Lipinski definition) is 1. The van der Waals surface area contributed by atoms with Crippen molar-refractivity contribution in [3.63, 3.8) is 0 Å². The van der Waals surface area contributed by atoms with Gasteiger partial charge in [0.2, 0.25) is 0 Å². The molecule has 1 aromatic carbocycles. The van der Waals surface area contributed by atoms with E-state index in [4.69, 9.17) is 5.73 Å². The molecule has 2 unspecified atom stereocenters. The lowest BCUT2D eigenvalue weighted by Crippen LogP contribution is -2.31. The smallest absolute Gasteiger partial charge is 0.0233 e. The molecule has 1 fully saturated rings. The Balaban J connectivity index is 2.01. The van der Waals surface area contributed by atoms with E-state index >= 15 is 0 Å². The first-order chi connectivity index (χ1) is 9.24. The van der Waals surface area contributed by atoms with Crippen LogP contribution in [0.1, 0.15) is 56.6 Å². The van der Waals surface area contributed by atoms with Crippen LogP contribution in [0.4, 0.5) is 0 Å². The molecule has 1 aliphatic carbocycles. The van der Waals surface area contributed by atoms with Gasteiger partial charge in [-0.1, -0.05) is 51.0 Å². The Labute approximate surface area is 118 Å². The third-order valence-electron chi connectivity index (χ3n) is 4.53. The van der Waals surface area contributed by atoms with E-state index in [0.29, 0.717) is 12.0 Å². The molecule has 0 heterocycles. The van der Waals surface area contributed by atoms with Crippen molar-refractivity contribution in [3.05, 3.63) is 35.4 Å². The summed E-state index contributed by atoms with van der Waals surface area (Å²) in [5.74, 6) is 0.580. The van der Waals surface area contributed by atoms with Crippen LogP contribution in [0.2, 0.25) is 0 Å². The van der Waals surface area contributed by atoms with Crippen molar-refractivity contribution >= 4 is 0 Å². The summed E-state index contributed by atoms with van der Waals surface area (Å²) in [6.07, 6.45) is 5.08. The SMILES string of the molecule is CCN(CC)Cc1ccc(C2CCCCC2N)cc1. The van der Waals surface area contributed by atoms with E-state index in [-0.39, 0.29) is 0 Å². The number of nitrogens with two attached hydrogens (primary N) is 1. The molecule has 0 aliphatic heterocycles. The fraction of sp³-hybridized carbons (Fsp3) is 0.647. The lowest BCUT2D eigenvalue weighted by Gasteiger charge is -2.29. The first-order valence-corrected chi connectivity index (χ1v) is 7.81. The quantitative estimate of drug-likeness (QED) is 0.878. The molecule has 0 spiro atoms. The molecule has 0 amide bonds. The highest BCUT2D eigenvalue weighted by atomic mass is 15.1. The number of benzene rings is 1. The van der Waals surface area contributed by atoms with Crippen molar-refractivity contribution in [2.45, 2.75) is 58.0 Å². The van der Waals surface area contributed by atoms with E-state index < -0.39 is 0 Å². The molecule has 2 rings (SSSR count). The van der Waals surface area contributed by atoms with E-state index in [2.05, 4.69) is 43.0 Å². The number of hydrogen-bond acceptors (Lipinski definition) is 2. The third-order valence-corrected chi connectivity index (χ3v) is 4.53. The number of nitrogens with zero attached hydrogens (tertiary/aromatic N) is 1. The van der Waals surface area contributed by atoms with Crippen LogP contribution in [0, 0.1) is 0 Å². The summed E-state index contributed by atoms with van der Waals surface area (Å²) in [5.41, 5.74) is 9.12. The molecule has 0 saturated heterocycles. The van der Waals surface area contributed by atoms with Gasteiger partial charge in [0.15, 0.2) is 0 Å². The zero-order valence-electron chi connectivity index (χ0n) is 12.4. The Morgan fingerprint density at radius 2 is 1.68 bits per heavy atom. The average Bonchev–Trinajstić information content (AvgIpc) is 2.46. The van der Waals surface area contributed by atoms with Gasteiger partial charge in [-0.15, -0.1) is 0 Å². The van der Waals surface area contributed by atoms with Gasteiger partial charge in [-0.25, -0.2) is 0 Å². The third kappa shape index (κ3) is 3.80. The van der Waals surface area contributed by atoms with Gasteiger partial charge in [0.05, 0.1) is 0 Å². The van der Waals surface area contributed by atoms with Crippen LogP contribution in [0.5, 0.6) is 0 Å². The van der Waals surface area contributed by atoms with Crippen LogP contribution in [0.3, 0.4) is 0 Å². The normalized spacial score (nSPS) is 23.8. The first kappa shape index (κ1) is 14.5. The maximum Gasteiger partial charge on any atom is 0.0233 e. The minimum Gasteiger partial charge on any atom is -0.327 e. The van der Waals surface area contributed by atoms with E-state index in [1.807, 2.05) is 0 Å². The Kier molecular flexibility index (Phi) is 5.41. The van der Waals surface area contributed by atoms with Gasteiger partial charge in [-0.2, -0.15) is 0 Å². The summed E-state index contributed by atoms with van der Waals surface area (Å²) < 4.78 is 0. The Morgan fingerprint density at radius 3 is 2.26 bits per heavy atom. The Morgan fingerprint density at radius 1 is 1.05 bits per heavy atom. The van der Waals surface area contributed by atoms with Gasteiger partial charge < -0.3 is 5.73 Å². The van der Waals surface area contributed by atoms with Crippen molar-refractivity contribution in [1.82, 2.24) is 4.90 Å². The summed E-state index contributed by atoms with van der Waals surface area (Å²) in [6, 6.07) is 9.54. The monoisotopic (exact) mass is 260 g/mol. The summed E-state index contributed by atoms with van der Waals surface area (Å²) >= 11 is 0. The van der Waals surface area contributed by atoms with Gasteiger partial charge in [0.25, 0.3) is 0 Å². The fourth-order valence-electron chi connectivity index (χ4n) is 3.15. The molecule has 0 bridgehead atoms. The lowest BCUT2D eigenvalue weighted by atomic mass is 9.80. The Bertz CT molecular complexity index is 367. The van der Waals surface area contributed by atoms with Gasteiger partial charge in [-0.3, -0.25) is 4.90 Å². The van der Waals surface area contributed by atoms with E-state index in [0.717, 1.165) is 19.6 Å². The predicted molar refractivity (Wildman–Crippen MR) is 82.3 cm³/mol. The van der Waals surface area contributed by atoms with Crippen LogP contribution in [0.15, 0.2) is 24.3 Å². The largest absolute Gasteiger partial charge is 0.327 e. The minimum absolute atomic E-state index is 0.363. The zero-order chi connectivity index (χ0) is 13.7. The van der Waals surface area contributed by atoms with Crippen molar-refractivity contribution in [3.8, 4) is 0 Å². The molecule has 1 aliphatic rings. The van der Waals surface area contributed by atoms with Gasteiger partial charge in [0, 0.05) is 12.6 Å². The molecule has 2 atom stereocenters. The van der Waals surface area contributed by atoms with Crippen LogP contribution >= 0.6 is 0 Å². The average molecular weight is 260 g/mol. The van der Waals surface area contributed by atoms with Gasteiger partial charge in [0.1, 0.15) is 0 Å². The van der Waals surface area contributed by atoms with Crippen LogP contribution in [-0.4, -0.2) is 24.0 Å². The lowest BCUT2D eigenvalue weighted by molar-refractivity contribution is 0.296. The van der Waals surface area contributed by atoms with Crippen LogP contribution in [-0.2, 0) is 6.54 Å². The molecule has 106 valence electrons. The maximum absolute atomic E-state index is 6.26. The summed E-state index contributed by atoms with van der Waals surface area (Å²) in [4.78, 5) is 2.45. The molecular formula is C17H28N2. The topological polar surface area (TPSA) is 29.3 Å². The molecule has 2 nitrogen and oxygen atoms in total. The van der Waals surface area contributed by atoms with Crippen molar-refractivity contribution in [2.24, 2.45) is 5.73 Å². The molecular weight excluding hydrogens is 232 g/mol. The van der Waals surface area contributed by atoms with E-state index in [1.165, 1.54) is 36.8 Å². The fourth-order valence-corrected chi connectivity index (χ4v) is 3.15. The second kappa shape index (κ2) is 7.06. The molecule has 0 radical (unpaired) electrons. The van der Waals surface area contributed by atoms with Crippen molar-refractivity contribution < 1.29 is 0 Å². The highest BCUT2D eigenvalue weighted by molar-refractivity contribution is 5.27. The van der Waals surface area contributed by atoms with Crippen LogP contribution < -0.4 is 5.73 Å². The second-order valence-corrected chi connectivity index (χ2v) is 5.76. The summed E-state index contributed by atoms with van der Waals surface area (Å²) in [5, 5.41) is 0. The molecule has 2 N–H and O–H groups in total. The standard InChI is InChI=1S/C17H28N2/c1-3-19(4-2)13-14-9-11-15(12-10-14)16-7-5-6-8-17(16)18/h9-12,16-17H,3-8,13,18H2,1-2H3. The molecule has 2 heteroatoms. The summed E-state index contributed by atoms with van der Waals surface area (Å²) in [6.45, 7) is 7.74. The highest BCUT2D eigenvalue weighted by Crippen LogP contribution is 2.32. The van der Waals surface area contributed by atoms with Crippen molar-refractivity contribution in [2.75, 3.05) is 13.1 Å². The minimum atomic E-state index is 0.363. The van der Waals surface area contributed by atoms with Gasteiger partial charge >= 0.3 is 0 Å². The maximum atomic E-state index is 6.26. The zero-order valence-corrected chi connectivity index (χ0v) is 12.4. The summed E-state index contributed by atoms with van der Waals surface area (Å²) in [7, 11) is 0. The van der Waals surface area contributed by atoms with E-state index in [1.54, 1.807) is 0 Å². The first-order valence-electron chi connectivity index (χ1n) is 7.81. The molecule has 0 aromatic heterocycles. The Hall–Kier alpha value is -0.860. The van der Waals surface area contributed by atoms with Crippen LogP contribution in [0.25, 0.3) is 0 Å². The highest BCUT2D eigenvalue weighted by Gasteiger charge is 2.23. The van der Waals surface area contributed by atoms with Gasteiger partial charge in [-0.05, 0) is 43.0 Å². The molecule has 1 aromatic rings. The van der Waals surface area contributed by atoms with E-state index in [9.17, 15) is 0 Å². The number of rotatable bonds is 5. The van der Waals surface area contributed by atoms with Crippen molar-refractivity contribution in [1.29, 1.82) is 0 Å². The second-order valence-electron chi connectivity index (χ2n) is 5.76. The molecule has 1 saturated carbocycles.